The third-order valence-corrected chi connectivity index (χ3v) is 5.49. The number of fused-ring (bicyclic) bond motifs is 3. The van der Waals surface area contributed by atoms with Gasteiger partial charge in [0.05, 0.1) is 5.69 Å². The third-order valence-electron chi connectivity index (χ3n) is 5.49. The SMILES string of the molecule is [2H]C([2H])c1ccc(-c2ccc3c(c2)oc2c(-c4cc(CC(C)C)ccn4)cccc23)cc1. The van der Waals surface area contributed by atoms with Crippen LogP contribution in [-0.2, 0) is 6.42 Å². The minimum Gasteiger partial charge on any atom is -0.455 e. The average molecular weight is 394 g/mol. The Hall–Kier alpha value is -3.39. The third kappa shape index (κ3) is 3.39. The second-order valence-corrected chi connectivity index (χ2v) is 8.26. The molecule has 5 rings (SSSR count). The Labute approximate surface area is 180 Å². The smallest absolute Gasteiger partial charge is 0.144 e. The van der Waals surface area contributed by atoms with E-state index >= 15 is 0 Å². The van der Waals surface area contributed by atoms with Crippen molar-refractivity contribution in [1.82, 2.24) is 4.98 Å². The molecule has 0 saturated carbocycles. The van der Waals surface area contributed by atoms with Gasteiger partial charge in [-0.2, -0.15) is 0 Å². The fourth-order valence-electron chi connectivity index (χ4n) is 4.08. The van der Waals surface area contributed by atoms with E-state index in [1.807, 2.05) is 30.5 Å². The highest BCUT2D eigenvalue weighted by molar-refractivity contribution is 6.10. The Morgan fingerprint density at radius 1 is 0.900 bits per heavy atom. The lowest BCUT2D eigenvalue weighted by atomic mass is 10.00. The molecule has 0 N–H and O–H groups in total. The predicted octanol–water partition coefficient (Wildman–Crippen LogP) is 7.82. The average Bonchev–Trinajstić information content (AvgIpc) is 3.17. The van der Waals surface area contributed by atoms with Crippen molar-refractivity contribution in [3.05, 3.63) is 90.1 Å². The molecule has 148 valence electrons. The van der Waals surface area contributed by atoms with E-state index in [9.17, 15) is 0 Å². The van der Waals surface area contributed by atoms with Crippen LogP contribution in [0.3, 0.4) is 0 Å². The molecule has 2 heteroatoms. The van der Waals surface area contributed by atoms with E-state index in [1.54, 1.807) is 0 Å². The molecule has 0 aliphatic heterocycles. The van der Waals surface area contributed by atoms with Crippen molar-refractivity contribution in [1.29, 1.82) is 0 Å². The molecule has 0 atom stereocenters. The molecule has 2 aromatic heterocycles. The summed E-state index contributed by atoms with van der Waals surface area (Å²) in [6.45, 7) is 3.49. The highest BCUT2D eigenvalue weighted by Crippen LogP contribution is 2.37. The zero-order chi connectivity index (χ0) is 22.2. The molecule has 0 unspecified atom stereocenters. The number of hydrogen-bond donors (Lipinski definition) is 0. The minimum absolute atomic E-state index is 0.591. The van der Waals surface area contributed by atoms with Gasteiger partial charge in [0.25, 0.3) is 0 Å². The molecule has 0 aliphatic rings. The molecule has 3 aromatic carbocycles. The summed E-state index contributed by atoms with van der Waals surface area (Å²) in [6, 6.07) is 24.4. The highest BCUT2D eigenvalue weighted by atomic mass is 16.3. The van der Waals surface area contributed by atoms with Crippen molar-refractivity contribution in [3.63, 3.8) is 0 Å². The first kappa shape index (κ1) is 16.4. The minimum atomic E-state index is -0.965. The number of para-hydroxylation sites is 1. The molecule has 0 saturated heterocycles. The van der Waals surface area contributed by atoms with Gasteiger partial charge in [-0.05, 0) is 66.2 Å². The molecule has 0 fully saturated rings. The topological polar surface area (TPSA) is 26.0 Å². The van der Waals surface area contributed by atoms with Crippen LogP contribution in [0.5, 0.6) is 0 Å². The molecule has 0 spiro atoms. The Morgan fingerprint density at radius 3 is 2.53 bits per heavy atom. The van der Waals surface area contributed by atoms with Crippen molar-refractivity contribution in [3.8, 4) is 22.4 Å². The molecular weight excluding hydrogens is 366 g/mol. The van der Waals surface area contributed by atoms with Crippen LogP contribution in [0.15, 0.2) is 83.4 Å². The first-order chi connectivity index (χ1) is 15.5. The Kier molecular flexibility index (Phi) is 4.08. The van der Waals surface area contributed by atoms with Crippen LogP contribution in [0.25, 0.3) is 44.3 Å². The van der Waals surface area contributed by atoms with Crippen molar-refractivity contribution >= 4 is 21.9 Å². The highest BCUT2D eigenvalue weighted by Gasteiger charge is 2.14. The molecule has 0 bridgehead atoms. The van der Waals surface area contributed by atoms with E-state index in [4.69, 9.17) is 7.16 Å². The number of pyridine rings is 1. The zero-order valence-corrected chi connectivity index (χ0v) is 17.2. The van der Waals surface area contributed by atoms with Crippen molar-refractivity contribution in [2.24, 2.45) is 5.92 Å². The standard InChI is InChI=1S/C28H25NO/c1-18(2)15-20-13-14-29-26(16-20)25-6-4-5-24-23-12-11-22(17-27(23)30-28(24)25)21-9-7-19(3)8-10-21/h4-14,16-18H,15H2,1-3H3/i3D2. The predicted molar refractivity (Wildman–Crippen MR) is 126 cm³/mol. The quantitative estimate of drug-likeness (QED) is 0.311. The van der Waals surface area contributed by atoms with Gasteiger partial charge in [-0.3, -0.25) is 4.98 Å². The van der Waals surface area contributed by atoms with E-state index in [0.29, 0.717) is 11.5 Å². The van der Waals surface area contributed by atoms with E-state index in [2.05, 4.69) is 67.4 Å². The lowest BCUT2D eigenvalue weighted by molar-refractivity contribution is 0.647. The van der Waals surface area contributed by atoms with Crippen molar-refractivity contribution in [2.45, 2.75) is 27.1 Å². The van der Waals surface area contributed by atoms with E-state index in [-0.39, 0.29) is 0 Å². The second kappa shape index (κ2) is 7.46. The maximum absolute atomic E-state index is 7.55. The van der Waals surface area contributed by atoms with Crippen LogP contribution >= 0.6 is 0 Å². The molecule has 5 aromatic rings. The molecule has 2 heterocycles. The lowest BCUT2D eigenvalue weighted by Crippen LogP contribution is -1.95. The summed E-state index contributed by atoms with van der Waals surface area (Å²) in [7, 11) is 0. The van der Waals surface area contributed by atoms with Crippen LogP contribution in [0.2, 0.25) is 0 Å². The van der Waals surface area contributed by atoms with E-state index in [0.717, 1.165) is 50.7 Å². The van der Waals surface area contributed by atoms with Gasteiger partial charge in [0.2, 0.25) is 0 Å². The molecule has 30 heavy (non-hydrogen) atoms. The molecule has 0 radical (unpaired) electrons. The summed E-state index contributed by atoms with van der Waals surface area (Å²) in [5.74, 6) is 0.591. The van der Waals surface area contributed by atoms with Crippen LogP contribution in [0.4, 0.5) is 0 Å². The van der Waals surface area contributed by atoms with Gasteiger partial charge < -0.3 is 4.42 Å². The molecule has 0 amide bonds. The van der Waals surface area contributed by atoms with Crippen molar-refractivity contribution < 1.29 is 7.16 Å². The van der Waals surface area contributed by atoms with E-state index < -0.39 is 6.88 Å². The fourth-order valence-corrected chi connectivity index (χ4v) is 4.08. The van der Waals surface area contributed by atoms with E-state index in [1.165, 1.54) is 5.56 Å². The first-order valence-electron chi connectivity index (χ1n) is 11.5. The molecule has 0 aliphatic carbocycles. The van der Waals surface area contributed by atoms with Gasteiger partial charge in [0.1, 0.15) is 11.2 Å². The summed E-state index contributed by atoms with van der Waals surface area (Å²) in [5.41, 5.74) is 7.70. The van der Waals surface area contributed by atoms with Crippen molar-refractivity contribution in [2.75, 3.05) is 0 Å². The summed E-state index contributed by atoms with van der Waals surface area (Å²) in [6.07, 6.45) is 2.91. The Morgan fingerprint density at radius 2 is 1.73 bits per heavy atom. The summed E-state index contributed by atoms with van der Waals surface area (Å²) < 4.78 is 21.5. The van der Waals surface area contributed by atoms with Gasteiger partial charge >= 0.3 is 0 Å². The molecule has 2 nitrogen and oxygen atoms in total. The van der Waals surface area contributed by atoms with Crippen LogP contribution in [0.1, 0.15) is 27.7 Å². The Bertz CT molecular complexity index is 1400. The molecular formula is C28H25NO. The number of benzene rings is 3. The van der Waals surface area contributed by atoms with Crippen LogP contribution in [-0.4, -0.2) is 4.98 Å². The number of hydrogen-bond acceptors (Lipinski definition) is 2. The number of furan rings is 1. The summed E-state index contributed by atoms with van der Waals surface area (Å²) in [5, 5.41) is 2.17. The number of rotatable bonds is 4. The zero-order valence-electron chi connectivity index (χ0n) is 19.2. The first-order valence-corrected chi connectivity index (χ1v) is 10.3. The van der Waals surface area contributed by atoms with Gasteiger partial charge in [-0.15, -0.1) is 0 Å². The Balaban J connectivity index is 1.60. The van der Waals surface area contributed by atoms with Crippen LogP contribution < -0.4 is 0 Å². The van der Waals surface area contributed by atoms with Gasteiger partial charge in [-0.1, -0.05) is 61.9 Å². The number of aromatic nitrogens is 1. The normalized spacial score (nSPS) is 12.7. The number of nitrogens with zero attached hydrogens (tertiary/aromatic N) is 1. The summed E-state index contributed by atoms with van der Waals surface area (Å²) >= 11 is 0. The van der Waals surface area contributed by atoms with Gasteiger partial charge in [0.15, 0.2) is 0 Å². The summed E-state index contributed by atoms with van der Waals surface area (Å²) in [4.78, 5) is 4.63. The maximum Gasteiger partial charge on any atom is 0.144 e. The maximum atomic E-state index is 7.55. The second-order valence-electron chi connectivity index (χ2n) is 8.26. The largest absolute Gasteiger partial charge is 0.455 e. The number of aryl methyl sites for hydroxylation is 1. The van der Waals surface area contributed by atoms with Crippen LogP contribution in [0, 0.1) is 12.8 Å². The fraction of sp³-hybridized carbons (Fsp3) is 0.179. The van der Waals surface area contributed by atoms with Gasteiger partial charge in [-0.25, -0.2) is 0 Å². The van der Waals surface area contributed by atoms with Gasteiger partial charge in [0, 0.05) is 25.3 Å². The monoisotopic (exact) mass is 393 g/mol. The lowest BCUT2D eigenvalue weighted by Gasteiger charge is -2.07.